The number of aryl methyl sites for hydroxylation is 2. The van der Waals surface area contributed by atoms with Crippen LogP contribution in [0.3, 0.4) is 0 Å². The molecule has 2 amide bonds. The van der Waals surface area contributed by atoms with Gasteiger partial charge in [-0.1, -0.05) is 0 Å². The summed E-state index contributed by atoms with van der Waals surface area (Å²) in [6.07, 6.45) is 0.766. The predicted molar refractivity (Wildman–Crippen MR) is 93.5 cm³/mol. The number of primary amides is 1. The first-order chi connectivity index (χ1) is 11.4. The maximum absolute atomic E-state index is 12.6. The molecule has 0 aromatic carbocycles. The second-order valence-electron chi connectivity index (χ2n) is 6.00. The monoisotopic (exact) mass is 347 g/mol. The van der Waals surface area contributed by atoms with Crippen LogP contribution in [-0.2, 0) is 19.5 Å². The van der Waals surface area contributed by atoms with Gasteiger partial charge in [-0.05, 0) is 38.9 Å². The first-order valence-electron chi connectivity index (χ1n) is 7.89. The van der Waals surface area contributed by atoms with E-state index in [0.717, 1.165) is 35.6 Å². The van der Waals surface area contributed by atoms with Gasteiger partial charge in [-0.25, -0.2) is 0 Å². The summed E-state index contributed by atoms with van der Waals surface area (Å²) in [6.45, 7) is 6.02. The van der Waals surface area contributed by atoms with E-state index >= 15 is 0 Å². The number of hydrogen-bond acceptors (Lipinski definition) is 5. The fourth-order valence-corrected chi connectivity index (χ4v) is 4.34. The topological polar surface area (TPSA) is 93.2 Å². The van der Waals surface area contributed by atoms with Crippen LogP contribution in [0.25, 0.3) is 0 Å². The van der Waals surface area contributed by atoms with Gasteiger partial charge in [0.2, 0.25) is 0 Å². The van der Waals surface area contributed by atoms with Crippen LogP contribution in [0.15, 0.2) is 6.07 Å². The summed E-state index contributed by atoms with van der Waals surface area (Å²) in [6, 6.07) is 1.74. The smallest absolute Gasteiger partial charge is 0.274 e. The molecule has 24 heavy (non-hydrogen) atoms. The molecule has 0 saturated carbocycles. The molecule has 2 aromatic heterocycles. The number of anilines is 1. The molecule has 7 nitrogen and oxygen atoms in total. The van der Waals surface area contributed by atoms with Crippen molar-refractivity contribution < 1.29 is 9.59 Å². The van der Waals surface area contributed by atoms with E-state index < -0.39 is 5.91 Å². The van der Waals surface area contributed by atoms with Gasteiger partial charge in [-0.3, -0.25) is 14.3 Å². The molecule has 2 aromatic rings. The molecule has 1 aliphatic rings. The van der Waals surface area contributed by atoms with Crippen LogP contribution in [0.5, 0.6) is 0 Å². The van der Waals surface area contributed by atoms with Crippen molar-refractivity contribution in [2.75, 3.05) is 18.9 Å². The lowest BCUT2D eigenvalue weighted by Crippen LogP contribution is -2.27. The maximum Gasteiger partial charge on any atom is 0.274 e. The first-order valence-corrected chi connectivity index (χ1v) is 8.71. The van der Waals surface area contributed by atoms with Crippen LogP contribution in [0.4, 0.5) is 5.00 Å². The highest BCUT2D eigenvalue weighted by molar-refractivity contribution is 7.17. The van der Waals surface area contributed by atoms with E-state index in [4.69, 9.17) is 5.73 Å². The zero-order valence-corrected chi connectivity index (χ0v) is 14.9. The van der Waals surface area contributed by atoms with Gasteiger partial charge in [0.15, 0.2) is 0 Å². The zero-order chi connectivity index (χ0) is 17.4. The molecule has 8 heteroatoms. The van der Waals surface area contributed by atoms with Gasteiger partial charge in [-0.2, -0.15) is 5.10 Å². The molecule has 0 spiro atoms. The van der Waals surface area contributed by atoms with Gasteiger partial charge >= 0.3 is 0 Å². The Morgan fingerprint density at radius 2 is 2.21 bits per heavy atom. The van der Waals surface area contributed by atoms with Crippen molar-refractivity contribution in [2.45, 2.75) is 33.4 Å². The van der Waals surface area contributed by atoms with Crippen molar-refractivity contribution in [3.63, 3.8) is 0 Å². The van der Waals surface area contributed by atoms with E-state index in [1.165, 1.54) is 11.3 Å². The number of carbonyl (C=O) groups excluding carboxylic acids is 2. The van der Waals surface area contributed by atoms with E-state index in [0.29, 0.717) is 22.8 Å². The molecule has 0 bridgehead atoms. The number of fused-ring (bicyclic) bond motifs is 1. The van der Waals surface area contributed by atoms with Gasteiger partial charge in [0.1, 0.15) is 10.7 Å². The summed E-state index contributed by atoms with van der Waals surface area (Å²) >= 11 is 1.43. The summed E-state index contributed by atoms with van der Waals surface area (Å²) in [7, 11) is 2.04. The molecule has 128 valence electrons. The van der Waals surface area contributed by atoms with Crippen molar-refractivity contribution in [1.29, 1.82) is 0 Å². The van der Waals surface area contributed by atoms with E-state index in [1.807, 2.05) is 20.9 Å². The summed E-state index contributed by atoms with van der Waals surface area (Å²) in [5, 5.41) is 7.69. The van der Waals surface area contributed by atoms with E-state index in [2.05, 4.69) is 15.3 Å². The Labute approximate surface area is 144 Å². The lowest BCUT2D eigenvalue weighted by Gasteiger charge is -2.22. The Bertz CT molecular complexity index is 808. The number of aromatic nitrogens is 2. The van der Waals surface area contributed by atoms with Gasteiger partial charge in [0.05, 0.1) is 11.3 Å². The molecule has 0 aliphatic carbocycles. The Kier molecular flexibility index (Phi) is 4.42. The molecule has 1 aliphatic heterocycles. The van der Waals surface area contributed by atoms with E-state index in [1.54, 1.807) is 10.7 Å². The van der Waals surface area contributed by atoms with Crippen molar-refractivity contribution in [1.82, 2.24) is 14.7 Å². The number of rotatable bonds is 4. The van der Waals surface area contributed by atoms with Gasteiger partial charge in [0.25, 0.3) is 11.8 Å². The largest absolute Gasteiger partial charge is 0.365 e. The standard InChI is InChI=1S/C16H21N5O2S/c1-4-21-11(7-9(2)19-21)15(23)18-16-13(14(17)22)10-5-6-20(3)8-12(10)24-16/h7H,4-6,8H2,1-3H3,(H2,17,22)(H,18,23). The fraction of sp³-hybridized carbons (Fsp3) is 0.438. The normalized spacial score (nSPS) is 14.5. The average molecular weight is 347 g/mol. The molecule has 0 fully saturated rings. The molecular formula is C16H21N5O2S. The Morgan fingerprint density at radius 3 is 2.88 bits per heavy atom. The van der Waals surface area contributed by atoms with E-state index in [-0.39, 0.29) is 5.91 Å². The van der Waals surface area contributed by atoms with Crippen molar-refractivity contribution in [3.8, 4) is 0 Å². The molecule has 0 unspecified atom stereocenters. The van der Waals surface area contributed by atoms with Crippen molar-refractivity contribution in [2.24, 2.45) is 5.73 Å². The molecular weight excluding hydrogens is 326 g/mol. The molecule has 0 radical (unpaired) electrons. The lowest BCUT2D eigenvalue weighted by atomic mass is 10.0. The third-order valence-electron chi connectivity index (χ3n) is 4.16. The van der Waals surface area contributed by atoms with Crippen LogP contribution < -0.4 is 11.1 Å². The van der Waals surface area contributed by atoms with Crippen LogP contribution >= 0.6 is 11.3 Å². The highest BCUT2D eigenvalue weighted by Crippen LogP contribution is 2.36. The third-order valence-corrected chi connectivity index (χ3v) is 5.29. The Morgan fingerprint density at radius 1 is 1.46 bits per heavy atom. The molecule has 3 rings (SSSR count). The van der Waals surface area contributed by atoms with Crippen molar-refractivity contribution >= 4 is 28.2 Å². The number of hydrogen-bond donors (Lipinski definition) is 2. The summed E-state index contributed by atoms with van der Waals surface area (Å²) < 4.78 is 1.65. The fourth-order valence-electron chi connectivity index (χ4n) is 3.02. The number of carbonyl (C=O) groups is 2. The predicted octanol–water partition coefficient (Wildman–Crippen LogP) is 1.61. The second-order valence-corrected chi connectivity index (χ2v) is 7.11. The number of likely N-dealkylation sites (N-methyl/N-ethyl adjacent to an activating group) is 1. The molecule has 0 atom stereocenters. The van der Waals surface area contributed by atoms with Crippen LogP contribution in [-0.4, -0.2) is 40.1 Å². The Balaban J connectivity index is 1.95. The highest BCUT2D eigenvalue weighted by atomic mass is 32.1. The molecule has 0 saturated heterocycles. The molecule has 3 heterocycles. The number of nitrogens with zero attached hydrogens (tertiary/aromatic N) is 3. The average Bonchev–Trinajstić information content (AvgIpc) is 3.06. The minimum atomic E-state index is -0.493. The number of nitrogens with two attached hydrogens (primary N) is 1. The number of thiophene rings is 1. The number of nitrogens with one attached hydrogen (secondary N) is 1. The van der Waals surface area contributed by atoms with Crippen molar-refractivity contribution in [3.05, 3.63) is 33.5 Å². The van der Waals surface area contributed by atoms with Gasteiger partial charge in [-0.15, -0.1) is 11.3 Å². The summed E-state index contributed by atoms with van der Waals surface area (Å²) in [4.78, 5) is 27.8. The minimum absolute atomic E-state index is 0.271. The zero-order valence-electron chi connectivity index (χ0n) is 14.0. The van der Waals surface area contributed by atoms with Gasteiger partial charge in [0, 0.05) is 24.5 Å². The van der Waals surface area contributed by atoms with Gasteiger partial charge < -0.3 is 16.0 Å². The SMILES string of the molecule is CCn1nc(C)cc1C(=O)Nc1sc2c(c1C(N)=O)CCN(C)C2. The van der Waals surface area contributed by atoms with Crippen LogP contribution in [0.1, 0.15) is 43.9 Å². The third kappa shape index (κ3) is 2.94. The summed E-state index contributed by atoms with van der Waals surface area (Å²) in [5.41, 5.74) is 8.27. The lowest BCUT2D eigenvalue weighted by molar-refractivity contribution is 0.1000. The first kappa shape index (κ1) is 16.7. The maximum atomic E-state index is 12.6. The Hall–Kier alpha value is -2.19. The second kappa shape index (κ2) is 6.37. The number of amides is 2. The quantitative estimate of drug-likeness (QED) is 0.879. The van der Waals surface area contributed by atoms with Crippen LogP contribution in [0.2, 0.25) is 0 Å². The minimum Gasteiger partial charge on any atom is -0.365 e. The van der Waals surface area contributed by atoms with E-state index in [9.17, 15) is 9.59 Å². The molecule has 3 N–H and O–H groups in total. The summed E-state index contributed by atoms with van der Waals surface area (Å²) in [5.74, 6) is -0.764. The van der Waals surface area contributed by atoms with Crippen LogP contribution in [0, 0.1) is 6.92 Å². The highest BCUT2D eigenvalue weighted by Gasteiger charge is 2.27.